The van der Waals surface area contributed by atoms with Crippen LogP contribution in [0.4, 0.5) is 11.5 Å². The number of nitrogen functional groups attached to an aromatic ring is 1. The van der Waals surface area contributed by atoms with Crippen molar-refractivity contribution in [2.45, 2.75) is 13.0 Å². The van der Waals surface area contributed by atoms with Gasteiger partial charge in [-0.3, -0.25) is 0 Å². The van der Waals surface area contributed by atoms with Crippen molar-refractivity contribution >= 4 is 11.5 Å². The second-order valence-electron chi connectivity index (χ2n) is 3.48. The molecule has 0 amide bonds. The summed E-state index contributed by atoms with van der Waals surface area (Å²) < 4.78 is 0. The molecule has 1 rings (SSSR count). The molecule has 80 valence electrons. The number of aliphatic hydroxyl groups excluding tert-OH is 1. The van der Waals surface area contributed by atoms with Crippen molar-refractivity contribution in [3.8, 4) is 6.07 Å². The molecule has 5 heteroatoms. The third kappa shape index (κ3) is 2.82. The first-order chi connectivity index (χ1) is 7.04. The zero-order valence-electron chi connectivity index (χ0n) is 8.81. The minimum absolute atomic E-state index is 0.432. The molecule has 0 fully saturated rings. The molecule has 1 aromatic heterocycles. The van der Waals surface area contributed by atoms with Crippen molar-refractivity contribution in [3.63, 3.8) is 0 Å². The van der Waals surface area contributed by atoms with Crippen LogP contribution >= 0.6 is 0 Å². The van der Waals surface area contributed by atoms with Gasteiger partial charge in [-0.2, -0.15) is 5.26 Å². The van der Waals surface area contributed by atoms with E-state index in [4.69, 9.17) is 11.0 Å². The summed E-state index contributed by atoms with van der Waals surface area (Å²) in [4.78, 5) is 5.82. The first-order valence-electron chi connectivity index (χ1n) is 4.59. The molecule has 3 N–H and O–H groups in total. The summed E-state index contributed by atoms with van der Waals surface area (Å²) in [5.74, 6) is 0.579. The summed E-state index contributed by atoms with van der Waals surface area (Å²) in [7, 11) is 1.79. The Labute approximate surface area is 88.8 Å². The average molecular weight is 206 g/mol. The van der Waals surface area contributed by atoms with Gasteiger partial charge in [0.05, 0.1) is 17.4 Å². The number of nitrogens with two attached hydrogens (primary N) is 1. The fraction of sp³-hybridized carbons (Fsp3) is 0.400. The van der Waals surface area contributed by atoms with Gasteiger partial charge in [0.1, 0.15) is 6.07 Å². The smallest absolute Gasteiger partial charge is 0.151 e. The lowest BCUT2D eigenvalue weighted by molar-refractivity contribution is 0.201. The molecule has 0 spiro atoms. The van der Waals surface area contributed by atoms with E-state index in [0.29, 0.717) is 23.6 Å². The predicted octanol–water partition coefficient (Wildman–Crippen LogP) is 0.352. The Morgan fingerprint density at radius 1 is 1.73 bits per heavy atom. The van der Waals surface area contributed by atoms with Crippen LogP contribution in [-0.2, 0) is 0 Å². The van der Waals surface area contributed by atoms with Gasteiger partial charge in [0.2, 0.25) is 0 Å². The van der Waals surface area contributed by atoms with Gasteiger partial charge in [0.15, 0.2) is 5.82 Å². The van der Waals surface area contributed by atoms with E-state index in [1.807, 2.05) is 6.07 Å². The Balaban J connectivity index is 2.91. The lowest BCUT2D eigenvalue weighted by Gasteiger charge is -2.21. The number of nitriles is 1. The Bertz CT molecular complexity index is 383. The maximum atomic E-state index is 9.21. The van der Waals surface area contributed by atoms with Gasteiger partial charge in [-0.25, -0.2) is 4.98 Å². The van der Waals surface area contributed by atoms with Crippen LogP contribution in [0.1, 0.15) is 12.5 Å². The molecule has 0 radical (unpaired) electrons. The molecule has 0 bridgehead atoms. The lowest BCUT2D eigenvalue weighted by atomic mass is 10.2. The first kappa shape index (κ1) is 11.3. The number of aromatic nitrogens is 1. The largest absolute Gasteiger partial charge is 0.396 e. The summed E-state index contributed by atoms with van der Waals surface area (Å²) in [6.07, 6.45) is 1.01. The molecule has 0 aromatic carbocycles. The average Bonchev–Trinajstić information content (AvgIpc) is 2.16. The van der Waals surface area contributed by atoms with Crippen LogP contribution in [0.25, 0.3) is 0 Å². The van der Waals surface area contributed by atoms with Crippen molar-refractivity contribution in [3.05, 3.63) is 17.8 Å². The maximum Gasteiger partial charge on any atom is 0.151 e. The van der Waals surface area contributed by atoms with Crippen LogP contribution in [0.3, 0.4) is 0 Å². The molecule has 0 aliphatic rings. The van der Waals surface area contributed by atoms with E-state index in [2.05, 4.69) is 4.98 Å². The second kappa shape index (κ2) is 4.62. The molecule has 5 nitrogen and oxygen atoms in total. The fourth-order valence-electron chi connectivity index (χ4n) is 1.34. The van der Waals surface area contributed by atoms with E-state index < -0.39 is 6.10 Å². The van der Waals surface area contributed by atoms with E-state index in [-0.39, 0.29) is 0 Å². The Morgan fingerprint density at radius 3 is 2.87 bits per heavy atom. The van der Waals surface area contributed by atoms with Gasteiger partial charge < -0.3 is 15.7 Å². The zero-order chi connectivity index (χ0) is 11.4. The summed E-state index contributed by atoms with van der Waals surface area (Å²) >= 11 is 0. The zero-order valence-corrected chi connectivity index (χ0v) is 8.81. The van der Waals surface area contributed by atoms with Crippen LogP contribution in [0, 0.1) is 11.3 Å². The van der Waals surface area contributed by atoms with Crippen molar-refractivity contribution in [1.29, 1.82) is 5.26 Å². The van der Waals surface area contributed by atoms with E-state index >= 15 is 0 Å². The number of rotatable bonds is 3. The van der Waals surface area contributed by atoms with Crippen LogP contribution in [-0.4, -0.2) is 29.8 Å². The Morgan fingerprint density at radius 2 is 2.40 bits per heavy atom. The highest BCUT2D eigenvalue weighted by atomic mass is 16.3. The molecule has 0 saturated carbocycles. The van der Waals surface area contributed by atoms with Gasteiger partial charge in [-0.05, 0) is 13.0 Å². The van der Waals surface area contributed by atoms with Gasteiger partial charge in [-0.1, -0.05) is 0 Å². The molecule has 1 atom stereocenters. The number of hydrogen-bond donors (Lipinski definition) is 2. The standard InChI is InChI=1S/C10H14N4O/c1-7(15)6-14(2)10-9(12)3-8(4-11)5-13-10/h3,5,7,15H,6,12H2,1-2H3. The normalized spacial score (nSPS) is 11.9. The van der Waals surface area contributed by atoms with E-state index in [0.717, 1.165) is 0 Å². The van der Waals surface area contributed by atoms with E-state index in [1.54, 1.807) is 24.9 Å². The highest BCUT2D eigenvalue weighted by Crippen LogP contribution is 2.19. The van der Waals surface area contributed by atoms with Crippen molar-refractivity contribution in [2.24, 2.45) is 0 Å². The number of hydrogen-bond acceptors (Lipinski definition) is 5. The Kier molecular flexibility index (Phi) is 3.47. The maximum absolute atomic E-state index is 9.21. The topological polar surface area (TPSA) is 86.2 Å². The summed E-state index contributed by atoms with van der Waals surface area (Å²) in [5.41, 5.74) is 6.61. The quantitative estimate of drug-likeness (QED) is 0.745. The first-order valence-corrected chi connectivity index (χ1v) is 4.59. The molecular weight excluding hydrogens is 192 g/mol. The number of nitrogens with zero attached hydrogens (tertiary/aromatic N) is 3. The van der Waals surface area contributed by atoms with Crippen LogP contribution < -0.4 is 10.6 Å². The predicted molar refractivity (Wildman–Crippen MR) is 58.3 cm³/mol. The number of aliphatic hydroxyl groups is 1. The molecular formula is C10H14N4O. The minimum Gasteiger partial charge on any atom is -0.396 e. The monoisotopic (exact) mass is 206 g/mol. The summed E-state index contributed by atoms with van der Waals surface area (Å²) in [6, 6.07) is 3.53. The molecule has 0 aliphatic carbocycles. The lowest BCUT2D eigenvalue weighted by Crippen LogP contribution is -2.28. The van der Waals surface area contributed by atoms with Crippen LogP contribution in [0.5, 0.6) is 0 Å². The van der Waals surface area contributed by atoms with Gasteiger partial charge >= 0.3 is 0 Å². The third-order valence-corrected chi connectivity index (χ3v) is 1.92. The van der Waals surface area contributed by atoms with E-state index in [9.17, 15) is 5.11 Å². The van der Waals surface area contributed by atoms with E-state index in [1.165, 1.54) is 6.20 Å². The molecule has 1 aromatic rings. The van der Waals surface area contributed by atoms with Crippen molar-refractivity contribution in [2.75, 3.05) is 24.2 Å². The third-order valence-electron chi connectivity index (χ3n) is 1.92. The van der Waals surface area contributed by atoms with Crippen molar-refractivity contribution < 1.29 is 5.11 Å². The van der Waals surface area contributed by atoms with Crippen LogP contribution in [0.2, 0.25) is 0 Å². The number of pyridine rings is 1. The molecule has 0 aliphatic heterocycles. The number of likely N-dealkylation sites (N-methyl/N-ethyl adjacent to an activating group) is 1. The summed E-state index contributed by atoms with van der Waals surface area (Å²) in [6.45, 7) is 2.14. The molecule has 1 heterocycles. The second-order valence-corrected chi connectivity index (χ2v) is 3.48. The van der Waals surface area contributed by atoms with Gasteiger partial charge in [0, 0.05) is 19.8 Å². The summed E-state index contributed by atoms with van der Waals surface area (Å²) in [5, 5.41) is 17.9. The van der Waals surface area contributed by atoms with Crippen molar-refractivity contribution in [1.82, 2.24) is 4.98 Å². The Hall–Kier alpha value is -1.80. The SMILES string of the molecule is CC(O)CN(C)c1ncc(C#N)cc1N. The van der Waals surface area contributed by atoms with Gasteiger partial charge in [-0.15, -0.1) is 0 Å². The highest BCUT2D eigenvalue weighted by Gasteiger charge is 2.09. The highest BCUT2D eigenvalue weighted by molar-refractivity contribution is 5.64. The van der Waals surface area contributed by atoms with Crippen LogP contribution in [0.15, 0.2) is 12.3 Å². The molecule has 0 saturated heterocycles. The minimum atomic E-state index is -0.452. The fourth-order valence-corrected chi connectivity index (χ4v) is 1.34. The van der Waals surface area contributed by atoms with Gasteiger partial charge in [0.25, 0.3) is 0 Å². The molecule has 1 unspecified atom stereocenters. The number of anilines is 2. The molecule has 15 heavy (non-hydrogen) atoms.